The van der Waals surface area contributed by atoms with E-state index in [2.05, 4.69) is 26.0 Å². The van der Waals surface area contributed by atoms with Crippen molar-refractivity contribution >= 4 is 22.5 Å². The summed E-state index contributed by atoms with van der Waals surface area (Å²) in [6.45, 7) is 6.14. The van der Waals surface area contributed by atoms with E-state index >= 15 is 0 Å². The molecule has 4 aromatic rings. The summed E-state index contributed by atoms with van der Waals surface area (Å²) in [4.78, 5) is 19.5. The Morgan fingerprint density at radius 2 is 1.76 bits per heavy atom. The fourth-order valence-corrected chi connectivity index (χ4v) is 3.92. The lowest BCUT2D eigenvalue weighted by molar-refractivity contribution is -0.131. The Labute approximate surface area is 171 Å². The van der Waals surface area contributed by atoms with Crippen molar-refractivity contribution in [2.75, 3.05) is 7.05 Å². The molecule has 0 aliphatic carbocycles. The zero-order valence-corrected chi connectivity index (χ0v) is 17.4. The molecule has 0 fully saturated rings. The molecule has 2 aromatic heterocycles. The third kappa shape index (κ3) is 3.48. The second-order valence-electron chi connectivity index (χ2n) is 7.61. The van der Waals surface area contributed by atoms with Gasteiger partial charge in [-0.15, -0.1) is 0 Å². The standard InChI is InChI=1S/C24H26N4O/c1-16-20(14-15-23(29)27(4)17(2)19-10-6-5-7-11-19)18(3)28-24(25-16)21-12-8-9-13-22(21)26-28/h5-13,17H,14-15H2,1-4H3/t17-/m0/s1. The SMILES string of the molecule is Cc1nc2c3ccccc3nn2c(C)c1CCC(=O)N(C)[C@@H](C)c1ccccc1. The van der Waals surface area contributed by atoms with Crippen LogP contribution in [-0.4, -0.2) is 32.5 Å². The first-order valence-electron chi connectivity index (χ1n) is 10.0. The van der Waals surface area contributed by atoms with Gasteiger partial charge in [-0.1, -0.05) is 42.5 Å². The Bertz CT molecular complexity index is 1180. The van der Waals surface area contributed by atoms with E-state index in [0.717, 1.165) is 39.1 Å². The molecule has 4 rings (SSSR count). The Balaban J connectivity index is 1.56. The number of hydrogen-bond acceptors (Lipinski definition) is 3. The molecular weight excluding hydrogens is 360 g/mol. The molecule has 5 nitrogen and oxygen atoms in total. The van der Waals surface area contributed by atoms with Gasteiger partial charge >= 0.3 is 0 Å². The van der Waals surface area contributed by atoms with Crippen molar-refractivity contribution in [3.8, 4) is 0 Å². The normalized spacial score (nSPS) is 12.4. The van der Waals surface area contributed by atoms with E-state index in [9.17, 15) is 4.79 Å². The Hall–Kier alpha value is -3.21. The predicted molar refractivity (Wildman–Crippen MR) is 116 cm³/mol. The lowest BCUT2D eigenvalue weighted by atomic mass is 10.0. The first-order chi connectivity index (χ1) is 14.0. The average Bonchev–Trinajstić information content (AvgIpc) is 3.12. The molecule has 0 aliphatic heterocycles. The van der Waals surface area contributed by atoms with E-state index < -0.39 is 0 Å². The number of rotatable bonds is 5. The Kier molecular flexibility index (Phi) is 5.05. The van der Waals surface area contributed by atoms with Crippen molar-refractivity contribution in [2.24, 2.45) is 0 Å². The highest BCUT2D eigenvalue weighted by molar-refractivity contribution is 5.92. The largest absolute Gasteiger partial charge is 0.339 e. The minimum absolute atomic E-state index is 0.0444. The molecule has 148 valence electrons. The van der Waals surface area contributed by atoms with Crippen molar-refractivity contribution in [1.82, 2.24) is 19.5 Å². The number of carbonyl (C=O) groups excluding carboxylic acids is 1. The Morgan fingerprint density at radius 3 is 2.52 bits per heavy atom. The maximum Gasteiger partial charge on any atom is 0.223 e. The van der Waals surface area contributed by atoms with E-state index in [1.165, 1.54) is 0 Å². The van der Waals surface area contributed by atoms with E-state index in [1.807, 2.05) is 65.9 Å². The van der Waals surface area contributed by atoms with E-state index in [4.69, 9.17) is 10.1 Å². The van der Waals surface area contributed by atoms with Crippen molar-refractivity contribution in [2.45, 2.75) is 39.7 Å². The lowest BCUT2D eigenvalue weighted by Gasteiger charge is -2.25. The van der Waals surface area contributed by atoms with Gasteiger partial charge in [0.25, 0.3) is 0 Å². The fraction of sp³-hybridized carbons (Fsp3) is 0.292. The molecule has 5 heteroatoms. The zero-order chi connectivity index (χ0) is 20.5. The molecule has 0 bridgehead atoms. The number of amides is 1. The first-order valence-corrected chi connectivity index (χ1v) is 10.0. The molecule has 1 atom stereocenters. The number of nitrogens with zero attached hydrogens (tertiary/aromatic N) is 4. The van der Waals surface area contributed by atoms with Crippen LogP contribution < -0.4 is 0 Å². The van der Waals surface area contributed by atoms with Gasteiger partial charge in [0.2, 0.25) is 5.91 Å². The van der Waals surface area contributed by atoms with Crippen molar-refractivity contribution in [3.63, 3.8) is 0 Å². The van der Waals surface area contributed by atoms with E-state index in [1.54, 1.807) is 0 Å². The summed E-state index contributed by atoms with van der Waals surface area (Å²) in [5.74, 6) is 0.130. The monoisotopic (exact) mass is 386 g/mol. The van der Waals surface area contributed by atoms with Crippen LogP contribution in [0.15, 0.2) is 54.6 Å². The van der Waals surface area contributed by atoms with Crippen molar-refractivity contribution in [1.29, 1.82) is 0 Å². The molecule has 2 aromatic carbocycles. The van der Waals surface area contributed by atoms with E-state index in [0.29, 0.717) is 12.8 Å². The number of aromatic nitrogens is 3. The summed E-state index contributed by atoms with van der Waals surface area (Å²) in [7, 11) is 1.88. The first kappa shape index (κ1) is 19.1. The number of hydrogen-bond donors (Lipinski definition) is 0. The van der Waals surface area contributed by atoms with Gasteiger partial charge < -0.3 is 4.90 Å². The van der Waals surface area contributed by atoms with Gasteiger partial charge in [0.1, 0.15) is 0 Å². The molecule has 0 N–H and O–H groups in total. The average molecular weight is 386 g/mol. The van der Waals surface area contributed by atoms with Crippen LogP contribution in [0.5, 0.6) is 0 Å². The molecule has 1 amide bonds. The topological polar surface area (TPSA) is 50.5 Å². The quantitative estimate of drug-likeness (QED) is 0.502. The van der Waals surface area contributed by atoms with Crippen LogP contribution >= 0.6 is 0 Å². The third-order valence-electron chi connectivity index (χ3n) is 5.86. The van der Waals surface area contributed by atoms with Gasteiger partial charge in [-0.25, -0.2) is 9.50 Å². The number of benzene rings is 2. The minimum Gasteiger partial charge on any atom is -0.339 e. The Morgan fingerprint density at radius 1 is 1.07 bits per heavy atom. The van der Waals surface area contributed by atoms with Crippen LogP contribution in [0.2, 0.25) is 0 Å². The van der Waals surface area contributed by atoms with Crippen LogP contribution in [0.25, 0.3) is 16.6 Å². The second-order valence-corrected chi connectivity index (χ2v) is 7.61. The molecule has 29 heavy (non-hydrogen) atoms. The van der Waals surface area contributed by atoms with Crippen molar-refractivity contribution in [3.05, 3.63) is 77.1 Å². The summed E-state index contributed by atoms with van der Waals surface area (Å²) in [5, 5.41) is 5.76. The van der Waals surface area contributed by atoms with Gasteiger partial charge in [0.15, 0.2) is 5.65 Å². The smallest absolute Gasteiger partial charge is 0.223 e. The van der Waals surface area contributed by atoms with Gasteiger partial charge in [-0.3, -0.25) is 4.79 Å². The summed E-state index contributed by atoms with van der Waals surface area (Å²) < 4.78 is 1.91. The summed E-state index contributed by atoms with van der Waals surface area (Å²) >= 11 is 0. The summed E-state index contributed by atoms with van der Waals surface area (Å²) in [6, 6.07) is 18.2. The molecular formula is C24H26N4O. The third-order valence-corrected chi connectivity index (χ3v) is 5.86. The fourth-order valence-electron chi connectivity index (χ4n) is 3.92. The number of carbonyl (C=O) groups is 1. The molecule has 0 spiro atoms. The zero-order valence-electron chi connectivity index (χ0n) is 17.4. The van der Waals surface area contributed by atoms with Crippen LogP contribution in [0, 0.1) is 13.8 Å². The number of aryl methyl sites for hydroxylation is 2. The summed E-state index contributed by atoms with van der Waals surface area (Å²) in [5.41, 5.74) is 6.07. The molecule has 0 saturated carbocycles. The molecule has 0 radical (unpaired) electrons. The highest BCUT2D eigenvalue weighted by Crippen LogP contribution is 2.24. The van der Waals surface area contributed by atoms with Crippen LogP contribution in [0.3, 0.4) is 0 Å². The maximum absolute atomic E-state index is 12.8. The van der Waals surface area contributed by atoms with Crippen LogP contribution in [-0.2, 0) is 11.2 Å². The molecule has 0 saturated heterocycles. The molecule has 0 unspecified atom stereocenters. The van der Waals surface area contributed by atoms with Crippen molar-refractivity contribution < 1.29 is 4.79 Å². The van der Waals surface area contributed by atoms with Crippen LogP contribution in [0.1, 0.15) is 41.9 Å². The lowest BCUT2D eigenvalue weighted by Crippen LogP contribution is -2.30. The molecule has 0 aliphatic rings. The van der Waals surface area contributed by atoms with Gasteiger partial charge in [0.05, 0.1) is 11.6 Å². The molecule has 2 heterocycles. The summed E-state index contributed by atoms with van der Waals surface area (Å²) in [6.07, 6.45) is 1.10. The highest BCUT2D eigenvalue weighted by atomic mass is 16.2. The van der Waals surface area contributed by atoms with Gasteiger partial charge in [-0.05, 0) is 50.5 Å². The maximum atomic E-state index is 12.8. The number of fused-ring (bicyclic) bond motifs is 3. The van der Waals surface area contributed by atoms with Gasteiger partial charge in [-0.2, -0.15) is 5.10 Å². The predicted octanol–water partition coefficient (Wildman–Crippen LogP) is 4.65. The minimum atomic E-state index is 0.0444. The highest BCUT2D eigenvalue weighted by Gasteiger charge is 2.19. The second kappa shape index (κ2) is 7.66. The van der Waals surface area contributed by atoms with E-state index in [-0.39, 0.29) is 11.9 Å². The van der Waals surface area contributed by atoms with Crippen LogP contribution in [0.4, 0.5) is 0 Å². The van der Waals surface area contributed by atoms with Gasteiger partial charge in [0, 0.05) is 30.2 Å².